The van der Waals surface area contributed by atoms with Crippen LogP contribution in [0.3, 0.4) is 0 Å². The Labute approximate surface area is 152 Å². The highest BCUT2D eigenvalue weighted by atomic mass is 32.1. The van der Waals surface area contributed by atoms with Crippen LogP contribution in [0.4, 0.5) is 5.82 Å². The van der Waals surface area contributed by atoms with Gasteiger partial charge in [-0.1, -0.05) is 0 Å². The molecule has 2 atom stereocenters. The number of fused-ring (bicyclic) bond motifs is 2. The topological polar surface area (TPSA) is 75.4 Å². The number of hydrogen-bond donors (Lipinski definition) is 1. The third-order valence-corrected chi connectivity index (χ3v) is 6.87. The molecule has 25 heavy (non-hydrogen) atoms. The monoisotopic (exact) mass is 359 g/mol. The van der Waals surface area contributed by atoms with Crippen molar-refractivity contribution < 1.29 is 4.79 Å². The van der Waals surface area contributed by atoms with Crippen LogP contribution in [-0.2, 0) is 4.79 Å². The number of aryl methyl sites for hydroxylation is 2. The second-order valence-electron chi connectivity index (χ2n) is 7.14. The zero-order chi connectivity index (χ0) is 17.6. The first-order valence-electron chi connectivity index (χ1n) is 9.05. The predicted molar refractivity (Wildman–Crippen MR) is 101 cm³/mol. The lowest BCUT2D eigenvalue weighted by molar-refractivity contribution is -0.139. The highest BCUT2D eigenvalue weighted by Gasteiger charge is 2.39. The number of nitrogens with zero attached hydrogens (tertiary/aromatic N) is 4. The Morgan fingerprint density at radius 3 is 2.96 bits per heavy atom. The van der Waals surface area contributed by atoms with Gasteiger partial charge in [0.2, 0.25) is 5.91 Å². The highest BCUT2D eigenvalue weighted by molar-refractivity contribution is 7.18. The maximum Gasteiger partial charge on any atom is 0.222 e. The molecule has 134 valence electrons. The summed E-state index contributed by atoms with van der Waals surface area (Å²) in [6, 6.07) is 0.337. The number of carbonyl (C=O) groups excluding carboxylic acids is 1. The second kappa shape index (κ2) is 6.53. The molecule has 1 amide bonds. The van der Waals surface area contributed by atoms with Gasteiger partial charge in [-0.05, 0) is 38.2 Å². The average Bonchev–Trinajstić information content (AvgIpc) is 2.91. The van der Waals surface area contributed by atoms with Gasteiger partial charge in [-0.15, -0.1) is 11.3 Å². The molecule has 0 bridgehead atoms. The van der Waals surface area contributed by atoms with Crippen molar-refractivity contribution >= 4 is 33.3 Å². The van der Waals surface area contributed by atoms with Crippen molar-refractivity contribution in [2.75, 3.05) is 31.1 Å². The minimum atomic E-state index is 0.272. The van der Waals surface area contributed by atoms with E-state index in [1.165, 1.54) is 15.8 Å². The van der Waals surface area contributed by atoms with Crippen molar-refractivity contribution in [2.24, 2.45) is 11.7 Å². The first-order chi connectivity index (χ1) is 12.1. The normalized spacial score (nSPS) is 24.0. The van der Waals surface area contributed by atoms with Crippen LogP contribution in [0.2, 0.25) is 0 Å². The van der Waals surface area contributed by atoms with Gasteiger partial charge >= 0.3 is 0 Å². The smallest absolute Gasteiger partial charge is 0.222 e. The molecule has 0 radical (unpaired) electrons. The largest absolute Gasteiger partial charge is 0.356 e. The first-order valence-corrected chi connectivity index (χ1v) is 9.87. The van der Waals surface area contributed by atoms with E-state index in [4.69, 9.17) is 5.73 Å². The molecular formula is C18H25N5OS. The van der Waals surface area contributed by atoms with Crippen molar-refractivity contribution in [3.8, 4) is 0 Å². The summed E-state index contributed by atoms with van der Waals surface area (Å²) in [4.78, 5) is 28.2. The average molecular weight is 359 g/mol. The summed E-state index contributed by atoms with van der Waals surface area (Å²) < 4.78 is 0. The fourth-order valence-electron chi connectivity index (χ4n) is 4.38. The van der Waals surface area contributed by atoms with Gasteiger partial charge in [0.15, 0.2) is 0 Å². The van der Waals surface area contributed by atoms with E-state index in [0.29, 0.717) is 31.5 Å². The third-order valence-electron chi connectivity index (χ3n) is 5.76. The molecule has 0 aliphatic carbocycles. The Balaban J connectivity index is 1.62. The third kappa shape index (κ3) is 2.79. The molecule has 0 unspecified atom stereocenters. The Bertz CT molecular complexity index is 804. The number of hydrogen-bond acceptors (Lipinski definition) is 6. The first kappa shape index (κ1) is 16.7. The Kier molecular flexibility index (Phi) is 4.37. The lowest BCUT2D eigenvalue weighted by Crippen LogP contribution is -2.57. The number of carbonyl (C=O) groups is 1. The van der Waals surface area contributed by atoms with E-state index >= 15 is 0 Å². The zero-order valence-electron chi connectivity index (χ0n) is 14.9. The number of likely N-dealkylation sites (tertiary alicyclic amines) is 1. The van der Waals surface area contributed by atoms with Gasteiger partial charge < -0.3 is 15.5 Å². The molecule has 2 aromatic rings. The van der Waals surface area contributed by atoms with Crippen molar-refractivity contribution in [2.45, 2.75) is 39.2 Å². The molecule has 4 rings (SSSR count). The Morgan fingerprint density at radius 1 is 1.32 bits per heavy atom. The van der Waals surface area contributed by atoms with Crippen LogP contribution in [0.25, 0.3) is 10.2 Å². The van der Waals surface area contributed by atoms with E-state index in [9.17, 15) is 4.79 Å². The van der Waals surface area contributed by atoms with Crippen molar-refractivity contribution in [1.82, 2.24) is 14.9 Å². The highest BCUT2D eigenvalue weighted by Crippen LogP contribution is 2.38. The molecule has 0 spiro atoms. The van der Waals surface area contributed by atoms with Crippen LogP contribution in [0, 0.1) is 19.8 Å². The van der Waals surface area contributed by atoms with Crippen LogP contribution in [0.15, 0.2) is 6.33 Å². The standard InChI is InChI=1S/C18H25N5OS/c1-11-12(2)25-18-16(11)17(20-10-21-18)22-7-5-14-13(9-22)3-4-15(24)23(14)8-6-19/h10,13-14H,3-9,19H2,1-2H3/t13-,14+/m0/s1. The zero-order valence-corrected chi connectivity index (χ0v) is 15.7. The van der Waals surface area contributed by atoms with E-state index in [1.807, 2.05) is 4.90 Å². The number of nitrogens with two attached hydrogens (primary N) is 1. The van der Waals surface area contributed by atoms with Crippen LogP contribution in [0.5, 0.6) is 0 Å². The SMILES string of the molecule is Cc1sc2ncnc(N3CC[C@@H]4[C@@H](CCC(=O)N4CCN)C3)c2c1C. The van der Waals surface area contributed by atoms with E-state index in [2.05, 4.69) is 28.7 Å². The molecule has 7 heteroatoms. The van der Waals surface area contributed by atoms with Crippen LogP contribution in [-0.4, -0.2) is 53.0 Å². The molecule has 2 aromatic heterocycles. The molecular weight excluding hydrogens is 334 g/mol. The van der Waals surface area contributed by atoms with Gasteiger partial charge in [-0.2, -0.15) is 0 Å². The maximum atomic E-state index is 12.3. The molecule has 0 aromatic carbocycles. The number of aromatic nitrogens is 2. The van der Waals surface area contributed by atoms with Gasteiger partial charge in [0.25, 0.3) is 0 Å². The van der Waals surface area contributed by atoms with Crippen LogP contribution < -0.4 is 10.6 Å². The van der Waals surface area contributed by atoms with Crippen molar-refractivity contribution in [3.05, 3.63) is 16.8 Å². The van der Waals surface area contributed by atoms with Crippen LogP contribution in [0.1, 0.15) is 29.7 Å². The van der Waals surface area contributed by atoms with Gasteiger partial charge in [0.05, 0.1) is 5.39 Å². The van der Waals surface area contributed by atoms with E-state index < -0.39 is 0 Å². The molecule has 6 nitrogen and oxygen atoms in total. The molecule has 2 saturated heterocycles. The minimum Gasteiger partial charge on any atom is -0.356 e. The molecule has 0 saturated carbocycles. The lowest BCUT2D eigenvalue weighted by atomic mass is 9.83. The Hall–Kier alpha value is -1.73. The fourth-order valence-corrected chi connectivity index (χ4v) is 5.37. The van der Waals surface area contributed by atoms with Gasteiger partial charge in [0, 0.05) is 43.5 Å². The summed E-state index contributed by atoms with van der Waals surface area (Å²) in [5.74, 6) is 1.84. The number of amides is 1. The summed E-state index contributed by atoms with van der Waals surface area (Å²) in [7, 11) is 0. The van der Waals surface area contributed by atoms with E-state index in [0.717, 1.165) is 36.6 Å². The van der Waals surface area contributed by atoms with Gasteiger partial charge in [-0.25, -0.2) is 9.97 Å². The Morgan fingerprint density at radius 2 is 2.16 bits per heavy atom. The van der Waals surface area contributed by atoms with E-state index in [-0.39, 0.29) is 5.91 Å². The van der Waals surface area contributed by atoms with Gasteiger partial charge in [0.1, 0.15) is 17.0 Å². The lowest BCUT2D eigenvalue weighted by Gasteiger charge is -2.47. The summed E-state index contributed by atoms with van der Waals surface area (Å²) in [6.45, 7) is 7.42. The minimum absolute atomic E-state index is 0.272. The van der Waals surface area contributed by atoms with Crippen LogP contribution >= 0.6 is 11.3 Å². The number of rotatable bonds is 3. The van der Waals surface area contributed by atoms with Crippen molar-refractivity contribution in [3.63, 3.8) is 0 Å². The summed E-state index contributed by atoms with van der Waals surface area (Å²) in [5.41, 5.74) is 7.02. The predicted octanol–water partition coefficient (Wildman–Crippen LogP) is 2.08. The summed E-state index contributed by atoms with van der Waals surface area (Å²) in [5, 5.41) is 1.20. The van der Waals surface area contributed by atoms with E-state index in [1.54, 1.807) is 17.7 Å². The molecule has 2 fully saturated rings. The van der Waals surface area contributed by atoms with Crippen molar-refractivity contribution in [1.29, 1.82) is 0 Å². The fraction of sp³-hybridized carbons (Fsp3) is 0.611. The molecule has 2 N–H and O–H groups in total. The maximum absolute atomic E-state index is 12.3. The summed E-state index contributed by atoms with van der Waals surface area (Å²) >= 11 is 1.74. The quantitative estimate of drug-likeness (QED) is 0.908. The number of piperidine rings is 2. The number of thiophene rings is 1. The molecule has 2 aliphatic rings. The molecule has 4 heterocycles. The summed E-state index contributed by atoms with van der Waals surface area (Å²) in [6.07, 6.45) is 4.29. The number of anilines is 1. The van der Waals surface area contributed by atoms with Gasteiger partial charge in [-0.3, -0.25) is 4.79 Å². The second-order valence-corrected chi connectivity index (χ2v) is 8.34. The molecule has 2 aliphatic heterocycles.